The number of hydrogen-bond donors (Lipinski definition) is 0. The second-order valence-electron chi connectivity index (χ2n) is 3.98. The highest BCUT2D eigenvalue weighted by atomic mass is 14.6. The van der Waals surface area contributed by atoms with Crippen LogP contribution in [0.5, 0.6) is 0 Å². The molecule has 16 heavy (non-hydrogen) atoms. The monoisotopic (exact) mass is 223 g/mol. The van der Waals surface area contributed by atoms with Crippen molar-refractivity contribution in [3.8, 4) is 0 Å². The first-order valence-corrected chi connectivity index (χ1v) is 6.51. The molecule has 0 aliphatic rings. The zero-order valence-electron chi connectivity index (χ0n) is 12.0. The molecule has 0 fully saturated rings. The normalized spacial score (nSPS) is 8.38. The molecule has 1 aromatic rings. The highest BCUT2D eigenvalue weighted by molar-refractivity contribution is 5.10. The molecule has 94 valence electrons. The number of aryl methyl sites for hydroxylation is 2. The molecular formula is C15H29N. The third-order valence-electron chi connectivity index (χ3n) is 2.06. The Labute approximate surface area is 102 Å². The van der Waals surface area contributed by atoms with Gasteiger partial charge >= 0.3 is 0 Å². The Kier molecular flexibility index (Phi) is 15.5. The van der Waals surface area contributed by atoms with E-state index in [2.05, 4.69) is 38.7 Å². The van der Waals surface area contributed by atoms with Crippen molar-refractivity contribution in [1.29, 1.82) is 0 Å². The number of hydrogen-bond acceptors (Lipinski definition) is 1. The van der Waals surface area contributed by atoms with Crippen molar-refractivity contribution in [1.82, 2.24) is 4.98 Å². The van der Waals surface area contributed by atoms with Gasteiger partial charge in [0.05, 0.1) is 0 Å². The number of rotatable bonds is 2. The van der Waals surface area contributed by atoms with Gasteiger partial charge in [-0.25, -0.2) is 0 Å². The maximum Gasteiger partial charge on any atom is 0.0372 e. The number of aromatic nitrogens is 1. The zero-order valence-corrected chi connectivity index (χ0v) is 12.0. The number of pyridine rings is 1. The summed E-state index contributed by atoms with van der Waals surface area (Å²) in [5, 5.41) is 0. The van der Waals surface area contributed by atoms with Gasteiger partial charge in [0.15, 0.2) is 0 Å². The van der Waals surface area contributed by atoms with E-state index >= 15 is 0 Å². The lowest BCUT2D eigenvalue weighted by molar-refractivity contribution is 0.886. The quantitative estimate of drug-likeness (QED) is 0.662. The summed E-state index contributed by atoms with van der Waals surface area (Å²) in [6.07, 6.45) is 7.15. The van der Waals surface area contributed by atoms with Crippen LogP contribution in [0.15, 0.2) is 18.3 Å². The number of unbranched alkanes of at least 4 members (excludes halogenated alkanes) is 2. The maximum absolute atomic E-state index is 4.08. The molecule has 1 nitrogen and oxygen atoms in total. The van der Waals surface area contributed by atoms with Gasteiger partial charge in [-0.3, -0.25) is 4.98 Å². The molecule has 0 aliphatic heterocycles. The van der Waals surface area contributed by atoms with Gasteiger partial charge in [0.1, 0.15) is 0 Å². The van der Waals surface area contributed by atoms with E-state index in [4.69, 9.17) is 0 Å². The van der Waals surface area contributed by atoms with E-state index in [-0.39, 0.29) is 0 Å². The fraction of sp³-hybridized carbons (Fsp3) is 0.667. The predicted molar refractivity (Wildman–Crippen MR) is 74.9 cm³/mol. The topological polar surface area (TPSA) is 12.9 Å². The van der Waals surface area contributed by atoms with Crippen molar-refractivity contribution in [3.05, 3.63) is 29.6 Å². The van der Waals surface area contributed by atoms with Crippen LogP contribution in [0.2, 0.25) is 0 Å². The minimum absolute atomic E-state index is 1.08. The van der Waals surface area contributed by atoms with Crippen molar-refractivity contribution in [2.75, 3.05) is 0 Å². The average Bonchev–Trinajstić information content (AvgIpc) is 2.33. The molecule has 0 spiro atoms. The third kappa shape index (κ3) is 15.6. The molecule has 0 N–H and O–H groups in total. The summed E-state index contributed by atoms with van der Waals surface area (Å²) in [4.78, 5) is 4.08. The molecular weight excluding hydrogens is 194 g/mol. The standard InChI is InChI=1S/C7H9N.2C4H10/c1-6-3-4-7(2)8-5-6;2*1-3-4-2/h3-5H,1-2H3;2*3-4H2,1-2H3. The first-order valence-electron chi connectivity index (χ1n) is 6.51. The summed E-state index contributed by atoms with van der Waals surface area (Å²) >= 11 is 0. The van der Waals surface area contributed by atoms with E-state index < -0.39 is 0 Å². The molecule has 1 heterocycles. The highest BCUT2D eigenvalue weighted by Crippen LogP contribution is 1.94. The molecule has 0 aromatic carbocycles. The molecule has 1 aromatic heterocycles. The second-order valence-corrected chi connectivity index (χ2v) is 3.98. The van der Waals surface area contributed by atoms with Crippen molar-refractivity contribution < 1.29 is 0 Å². The summed E-state index contributed by atoms with van der Waals surface area (Å²) < 4.78 is 0. The zero-order chi connectivity index (χ0) is 12.8. The van der Waals surface area contributed by atoms with Crippen LogP contribution in [-0.4, -0.2) is 4.98 Å². The Morgan fingerprint density at radius 1 is 0.812 bits per heavy atom. The third-order valence-corrected chi connectivity index (χ3v) is 2.06. The van der Waals surface area contributed by atoms with Crippen LogP contribution in [0, 0.1) is 13.8 Å². The van der Waals surface area contributed by atoms with Crippen LogP contribution in [0.1, 0.15) is 64.6 Å². The minimum atomic E-state index is 1.08. The molecule has 0 amide bonds. The van der Waals surface area contributed by atoms with Crippen LogP contribution in [-0.2, 0) is 0 Å². The lowest BCUT2D eigenvalue weighted by atomic mass is 10.3. The maximum atomic E-state index is 4.08. The minimum Gasteiger partial charge on any atom is -0.261 e. The van der Waals surface area contributed by atoms with Gasteiger partial charge in [-0.1, -0.05) is 59.4 Å². The van der Waals surface area contributed by atoms with Gasteiger partial charge < -0.3 is 0 Å². The Morgan fingerprint density at radius 2 is 1.25 bits per heavy atom. The van der Waals surface area contributed by atoms with Crippen molar-refractivity contribution in [2.45, 2.75) is 67.2 Å². The Hall–Kier alpha value is -0.850. The lowest BCUT2D eigenvalue weighted by Gasteiger charge is -1.89. The van der Waals surface area contributed by atoms with Gasteiger partial charge in [0.25, 0.3) is 0 Å². The van der Waals surface area contributed by atoms with Crippen molar-refractivity contribution >= 4 is 0 Å². The summed E-state index contributed by atoms with van der Waals surface area (Å²) in [6, 6.07) is 4.07. The van der Waals surface area contributed by atoms with Crippen molar-refractivity contribution in [2.24, 2.45) is 0 Å². The highest BCUT2D eigenvalue weighted by Gasteiger charge is 1.81. The van der Waals surface area contributed by atoms with E-state index in [0.717, 1.165) is 5.69 Å². The Bertz CT molecular complexity index is 184. The van der Waals surface area contributed by atoms with E-state index in [0.29, 0.717) is 0 Å². The largest absolute Gasteiger partial charge is 0.261 e. The molecule has 0 saturated carbocycles. The van der Waals surface area contributed by atoms with Crippen LogP contribution in [0.4, 0.5) is 0 Å². The fourth-order valence-electron chi connectivity index (χ4n) is 0.542. The first kappa shape index (κ1) is 17.5. The predicted octanol–water partition coefficient (Wildman–Crippen LogP) is 5.31. The van der Waals surface area contributed by atoms with Crippen LogP contribution >= 0.6 is 0 Å². The molecule has 0 bridgehead atoms. The first-order chi connectivity index (χ1) is 7.62. The smallest absolute Gasteiger partial charge is 0.0372 e. The second kappa shape index (κ2) is 14.2. The van der Waals surface area contributed by atoms with Gasteiger partial charge in [0.2, 0.25) is 0 Å². The van der Waals surface area contributed by atoms with E-state index in [1.807, 2.05) is 26.1 Å². The average molecular weight is 223 g/mol. The Balaban J connectivity index is 0. The molecule has 0 atom stereocenters. The van der Waals surface area contributed by atoms with E-state index in [1.165, 1.54) is 31.2 Å². The van der Waals surface area contributed by atoms with Gasteiger partial charge in [-0.15, -0.1) is 0 Å². The van der Waals surface area contributed by atoms with Gasteiger partial charge in [0, 0.05) is 11.9 Å². The summed E-state index contributed by atoms with van der Waals surface area (Å²) in [5.74, 6) is 0. The Morgan fingerprint density at radius 3 is 1.44 bits per heavy atom. The molecule has 0 saturated heterocycles. The molecule has 0 aliphatic carbocycles. The fourth-order valence-corrected chi connectivity index (χ4v) is 0.542. The van der Waals surface area contributed by atoms with Gasteiger partial charge in [-0.05, 0) is 25.5 Å². The van der Waals surface area contributed by atoms with Gasteiger partial charge in [-0.2, -0.15) is 0 Å². The van der Waals surface area contributed by atoms with Crippen LogP contribution < -0.4 is 0 Å². The van der Waals surface area contributed by atoms with Crippen LogP contribution in [0.3, 0.4) is 0 Å². The summed E-state index contributed by atoms with van der Waals surface area (Å²) in [6.45, 7) is 12.7. The molecule has 1 rings (SSSR count). The van der Waals surface area contributed by atoms with Crippen molar-refractivity contribution in [3.63, 3.8) is 0 Å². The molecule has 1 heteroatoms. The number of nitrogens with zero attached hydrogens (tertiary/aromatic N) is 1. The molecule has 0 unspecified atom stereocenters. The molecule has 0 radical (unpaired) electrons. The summed E-state index contributed by atoms with van der Waals surface area (Å²) in [7, 11) is 0. The van der Waals surface area contributed by atoms with Crippen LogP contribution in [0.25, 0.3) is 0 Å². The SMILES string of the molecule is CCCC.CCCC.Cc1ccc(C)nc1. The van der Waals surface area contributed by atoms with E-state index in [9.17, 15) is 0 Å². The van der Waals surface area contributed by atoms with E-state index in [1.54, 1.807) is 0 Å². The lowest BCUT2D eigenvalue weighted by Crippen LogP contribution is -1.78. The summed E-state index contributed by atoms with van der Waals surface area (Å²) in [5.41, 5.74) is 2.30.